The fourth-order valence-corrected chi connectivity index (χ4v) is 7.81. The standard InChI is InChI=1S/C41H62N12O12S.Gd/c1-27-20-35(56)53(40(27)64)10-9-43-39(63)31(28(2)47-48-42)21-33(54)32(8-19-66-3)46-41(65)45-30-6-4-29(5-7-30)22-44-34(55)23-49-11-13-50(24-36(57)58)15-17-52(26-38(61)62)18-16-51(14-12-49)25-37(59)60;/h4-7,27-28,31-32H,8-26H2,1-3H3,(H,43,63)(H,44,55)(H,57,58)(H,59,60)(H,61,62)(H2,45,46,65);/t27?,28-,31-,32-;/m0./s1. The number of rotatable bonds is 24. The van der Waals surface area contributed by atoms with Gasteiger partial charge in [0.25, 0.3) is 0 Å². The van der Waals surface area contributed by atoms with Gasteiger partial charge in [-0.25, -0.2) is 4.79 Å². The average molecular weight is 1100 g/mol. The molecular weight excluding hydrogens is 1040 g/mol. The summed E-state index contributed by atoms with van der Waals surface area (Å²) >= 11 is 1.45. The number of urea groups is 1. The number of aliphatic carboxylic acids is 3. The van der Waals surface area contributed by atoms with Gasteiger partial charge < -0.3 is 36.6 Å². The number of carboxylic acids is 3. The van der Waals surface area contributed by atoms with Crippen LogP contribution in [0.15, 0.2) is 29.4 Å². The molecule has 0 saturated carbocycles. The molecule has 0 aromatic heterocycles. The second kappa shape index (κ2) is 30.8. The molecule has 67 heavy (non-hydrogen) atoms. The van der Waals surface area contributed by atoms with Gasteiger partial charge in [-0.1, -0.05) is 31.1 Å². The van der Waals surface area contributed by atoms with Crippen molar-refractivity contribution in [3.63, 3.8) is 0 Å². The zero-order chi connectivity index (χ0) is 48.8. The van der Waals surface area contributed by atoms with E-state index in [0.29, 0.717) is 17.0 Å². The Labute approximate surface area is 424 Å². The van der Waals surface area contributed by atoms with Crippen molar-refractivity contribution < 1.29 is 98.4 Å². The zero-order valence-electron chi connectivity index (χ0n) is 37.9. The van der Waals surface area contributed by atoms with Crippen molar-refractivity contribution in [2.45, 2.75) is 51.7 Å². The molecule has 3 rings (SSSR count). The molecule has 2 aliphatic rings. The van der Waals surface area contributed by atoms with Gasteiger partial charge in [0.1, 0.15) is 0 Å². The van der Waals surface area contributed by atoms with Crippen LogP contribution in [0.25, 0.3) is 10.4 Å². The first-order valence-corrected chi connectivity index (χ1v) is 22.9. The number of azide groups is 1. The summed E-state index contributed by atoms with van der Waals surface area (Å²) in [4.78, 5) is 123. The van der Waals surface area contributed by atoms with Crippen LogP contribution in [0.2, 0.25) is 0 Å². The van der Waals surface area contributed by atoms with Crippen LogP contribution >= 0.6 is 11.8 Å². The van der Waals surface area contributed by atoms with E-state index in [0.717, 1.165) is 4.90 Å². The zero-order valence-corrected chi connectivity index (χ0v) is 41.0. The van der Waals surface area contributed by atoms with E-state index in [9.17, 15) is 58.5 Å². The van der Waals surface area contributed by atoms with E-state index in [1.165, 1.54) is 18.7 Å². The fourth-order valence-electron chi connectivity index (χ4n) is 7.33. The number of thioether (sulfide) groups is 1. The number of anilines is 1. The molecule has 1 aromatic rings. The number of ketones is 1. The van der Waals surface area contributed by atoms with E-state index in [1.807, 2.05) is 6.26 Å². The predicted molar refractivity (Wildman–Crippen MR) is 241 cm³/mol. The van der Waals surface area contributed by atoms with Gasteiger partial charge in [0.15, 0.2) is 5.78 Å². The third-order valence-electron chi connectivity index (χ3n) is 11.1. The van der Waals surface area contributed by atoms with Gasteiger partial charge in [-0.05, 0) is 41.7 Å². The topological polar surface area (TPSA) is 327 Å². The SMILES string of the molecule is CSCC[C@H](NC(=O)Nc1ccc(CNC(=O)CN2CCN(CC(=O)O)CCN(CC(=O)O)CCN(CC(=O)O)CC2)cc1)C(=O)C[C@H](C(=O)NCCN1C(=O)CC(C)C1=O)[C@H](C)N=[N+]=[N-].[Gd]. The predicted octanol–water partition coefficient (Wildman–Crippen LogP) is -0.193. The van der Waals surface area contributed by atoms with Gasteiger partial charge in [0.05, 0.1) is 38.1 Å². The van der Waals surface area contributed by atoms with Crippen molar-refractivity contribution in [3.8, 4) is 0 Å². The van der Waals surface area contributed by atoms with Crippen molar-refractivity contribution in [3.05, 3.63) is 40.3 Å². The Kier molecular flexibility index (Phi) is 26.9. The van der Waals surface area contributed by atoms with Crippen LogP contribution in [-0.2, 0) is 44.9 Å². The first kappa shape index (κ1) is 58.6. The van der Waals surface area contributed by atoms with Crippen LogP contribution in [-0.4, -0.2) is 209 Å². The smallest absolute Gasteiger partial charge is 0.319 e. The molecule has 24 nitrogen and oxygen atoms in total. The van der Waals surface area contributed by atoms with Gasteiger partial charge >= 0.3 is 23.9 Å². The molecule has 0 radical (unpaired) electrons. The number of amides is 6. The second-order valence-corrected chi connectivity index (χ2v) is 17.2. The first-order chi connectivity index (χ1) is 31.4. The maximum Gasteiger partial charge on any atom is 0.319 e. The van der Waals surface area contributed by atoms with E-state index < -0.39 is 59.5 Å². The summed E-state index contributed by atoms with van der Waals surface area (Å²) in [5.74, 6) is -6.33. The number of carbonyl (C=O) groups is 9. The van der Waals surface area contributed by atoms with Gasteiger partial charge in [-0.3, -0.25) is 62.9 Å². The molecular formula is C41H62GdN12O12S. The summed E-state index contributed by atoms with van der Waals surface area (Å²) in [6.45, 7) is 4.30. The first-order valence-electron chi connectivity index (χ1n) is 21.5. The van der Waals surface area contributed by atoms with Crippen molar-refractivity contribution in [2.24, 2.45) is 17.0 Å². The number of carbonyl (C=O) groups excluding carboxylic acids is 6. The molecule has 4 atom stereocenters. The maximum atomic E-state index is 13.6. The van der Waals surface area contributed by atoms with Crippen molar-refractivity contribution in [1.29, 1.82) is 0 Å². The van der Waals surface area contributed by atoms with Crippen molar-refractivity contribution >= 4 is 70.8 Å². The van der Waals surface area contributed by atoms with Crippen LogP contribution in [0, 0.1) is 51.8 Å². The van der Waals surface area contributed by atoms with Crippen LogP contribution in [0.4, 0.5) is 10.5 Å². The summed E-state index contributed by atoms with van der Waals surface area (Å²) < 4.78 is 0. The molecule has 2 fully saturated rings. The normalized spacial score (nSPS) is 18.1. The molecule has 1 aromatic carbocycles. The Balaban J connectivity index is 0.0000154. The summed E-state index contributed by atoms with van der Waals surface area (Å²) in [6.07, 6.45) is 1.78. The molecule has 0 bridgehead atoms. The Morgan fingerprint density at radius 2 is 1.33 bits per heavy atom. The van der Waals surface area contributed by atoms with Gasteiger partial charge in [0.2, 0.25) is 23.6 Å². The Hall–Kier alpha value is -4.53. The number of likely N-dealkylation sites (tertiary alicyclic amines) is 1. The third kappa shape index (κ3) is 22.0. The summed E-state index contributed by atoms with van der Waals surface area (Å²) in [7, 11) is 0. The monoisotopic (exact) mass is 1100 g/mol. The molecule has 0 aliphatic carbocycles. The summed E-state index contributed by atoms with van der Waals surface area (Å²) in [6, 6.07) is 3.93. The van der Waals surface area contributed by atoms with E-state index in [1.54, 1.807) is 50.8 Å². The molecule has 0 spiro atoms. The Morgan fingerprint density at radius 3 is 1.78 bits per heavy atom. The molecule has 2 aliphatic heterocycles. The van der Waals surface area contributed by atoms with Crippen molar-refractivity contribution in [2.75, 3.05) is 109 Å². The number of hydrogen-bond acceptors (Lipinski definition) is 15. The Bertz CT molecular complexity index is 1900. The minimum atomic E-state index is -1.10. The van der Waals surface area contributed by atoms with Crippen LogP contribution in [0.3, 0.4) is 0 Å². The molecule has 6 amide bonds. The van der Waals surface area contributed by atoms with E-state index >= 15 is 0 Å². The third-order valence-corrected chi connectivity index (χ3v) is 11.7. The molecule has 2 saturated heterocycles. The molecule has 372 valence electrons. The Morgan fingerprint density at radius 1 is 0.821 bits per heavy atom. The quantitative estimate of drug-likeness (QED) is 0.0305. The van der Waals surface area contributed by atoms with Crippen molar-refractivity contribution in [1.82, 2.24) is 40.4 Å². The molecule has 7 N–H and O–H groups in total. The van der Waals surface area contributed by atoms with Crippen LogP contribution in [0.5, 0.6) is 0 Å². The van der Waals surface area contributed by atoms with E-state index in [-0.39, 0.29) is 175 Å². The minimum absolute atomic E-state index is 0. The number of Topliss-reactive ketones (excluding diaryl/α,β-unsaturated/α-hetero) is 1. The number of carboxylic acid groups (broad SMARTS) is 3. The number of nitrogens with one attached hydrogen (secondary N) is 4. The largest absolute Gasteiger partial charge is 0.480 e. The van der Waals surface area contributed by atoms with Crippen LogP contribution < -0.4 is 21.3 Å². The summed E-state index contributed by atoms with van der Waals surface area (Å²) in [5.41, 5.74) is 10.1. The summed E-state index contributed by atoms with van der Waals surface area (Å²) in [5, 5.41) is 42.8. The number of imide groups is 1. The molecule has 26 heteroatoms. The van der Waals surface area contributed by atoms with E-state index in [2.05, 4.69) is 31.3 Å². The maximum absolute atomic E-state index is 13.6. The van der Waals surface area contributed by atoms with E-state index in [4.69, 9.17) is 5.53 Å². The van der Waals surface area contributed by atoms with Gasteiger partial charge in [0, 0.05) is 147 Å². The van der Waals surface area contributed by atoms with Gasteiger partial charge in [-0.15, -0.1) is 0 Å². The fraction of sp³-hybridized carbons (Fsp3) is 0.634. The molecule has 1 unspecified atom stereocenters. The number of nitrogens with zero attached hydrogens (tertiary/aromatic N) is 8. The minimum Gasteiger partial charge on any atom is -0.480 e. The average Bonchev–Trinajstić information content (AvgIpc) is 3.49. The number of hydrogen-bond donors (Lipinski definition) is 7. The van der Waals surface area contributed by atoms with Crippen LogP contribution in [0.1, 0.15) is 38.7 Å². The second-order valence-electron chi connectivity index (χ2n) is 16.2. The van der Waals surface area contributed by atoms with Gasteiger partial charge in [-0.2, -0.15) is 11.8 Å². The number of benzene rings is 1. The molecule has 2 heterocycles.